The monoisotopic (exact) mass is 229 g/mol. The van der Waals surface area contributed by atoms with Crippen LogP contribution in [0.1, 0.15) is 24.8 Å². The van der Waals surface area contributed by atoms with Crippen molar-refractivity contribution in [2.75, 3.05) is 18.1 Å². The van der Waals surface area contributed by atoms with Gasteiger partial charge in [0.2, 0.25) is 0 Å². The molecule has 0 aliphatic carbocycles. The zero-order chi connectivity index (χ0) is 11.8. The summed E-state index contributed by atoms with van der Waals surface area (Å²) in [6.45, 7) is 3.52. The van der Waals surface area contributed by atoms with Crippen LogP contribution in [0.15, 0.2) is 29.8 Å². The summed E-state index contributed by atoms with van der Waals surface area (Å²) in [7, 11) is 0. The van der Waals surface area contributed by atoms with E-state index in [2.05, 4.69) is 23.0 Å². The first-order chi connectivity index (χ1) is 8.36. The van der Waals surface area contributed by atoms with Gasteiger partial charge in [0.05, 0.1) is 5.57 Å². The van der Waals surface area contributed by atoms with Gasteiger partial charge in [-0.05, 0) is 25.0 Å². The summed E-state index contributed by atoms with van der Waals surface area (Å²) in [5.41, 5.74) is 3.21. The Bertz CT molecular complexity index is 491. The van der Waals surface area contributed by atoms with Gasteiger partial charge in [-0.15, -0.1) is 0 Å². The van der Waals surface area contributed by atoms with Gasteiger partial charge in [-0.25, -0.2) is 4.79 Å². The maximum absolute atomic E-state index is 11.2. The van der Waals surface area contributed by atoms with E-state index >= 15 is 0 Å². The zero-order valence-electron chi connectivity index (χ0n) is 9.85. The molecule has 1 saturated heterocycles. The first-order valence-electron chi connectivity index (χ1n) is 6.09. The Balaban J connectivity index is 2.12. The molecule has 0 N–H and O–H groups in total. The van der Waals surface area contributed by atoms with Crippen LogP contribution >= 0.6 is 0 Å². The lowest BCUT2D eigenvalue weighted by Crippen LogP contribution is -2.50. The van der Waals surface area contributed by atoms with E-state index in [1.54, 1.807) is 0 Å². The molecule has 3 nitrogen and oxygen atoms in total. The van der Waals surface area contributed by atoms with Gasteiger partial charge >= 0.3 is 0 Å². The van der Waals surface area contributed by atoms with Crippen LogP contribution in [0.5, 0.6) is 0 Å². The Kier molecular flexibility index (Phi) is 2.50. The molecule has 0 aromatic heterocycles. The summed E-state index contributed by atoms with van der Waals surface area (Å²) < 4.78 is 5.70. The highest BCUT2D eigenvalue weighted by Gasteiger charge is 2.42. The zero-order valence-corrected chi connectivity index (χ0v) is 9.85. The van der Waals surface area contributed by atoms with Crippen molar-refractivity contribution in [1.82, 2.24) is 0 Å². The van der Waals surface area contributed by atoms with Crippen LogP contribution in [0, 0.1) is 0 Å². The van der Waals surface area contributed by atoms with E-state index in [0.717, 1.165) is 18.5 Å². The second kappa shape index (κ2) is 4.02. The summed E-state index contributed by atoms with van der Waals surface area (Å²) in [5, 5.41) is 0. The highest BCUT2D eigenvalue weighted by Crippen LogP contribution is 2.47. The number of fused-ring (bicyclic) bond motifs is 2. The molecule has 1 aromatic rings. The Labute approximate surface area is 101 Å². The number of ether oxygens (including phenoxy) is 1. The molecule has 88 valence electrons. The predicted molar refractivity (Wildman–Crippen MR) is 65.8 cm³/mol. The molecule has 0 amide bonds. The second-order valence-corrected chi connectivity index (χ2v) is 4.46. The molecular weight excluding hydrogens is 214 g/mol. The normalized spacial score (nSPS) is 25.7. The fraction of sp³-hybridized carbons (Fsp3) is 0.429. The highest BCUT2D eigenvalue weighted by atomic mass is 16.5. The minimum absolute atomic E-state index is 0.199. The number of hydrogen-bond acceptors (Lipinski definition) is 3. The first kappa shape index (κ1) is 10.6. The minimum Gasteiger partial charge on any atom is -0.354 e. The van der Waals surface area contributed by atoms with Crippen molar-refractivity contribution in [3.05, 3.63) is 35.4 Å². The molecule has 17 heavy (non-hydrogen) atoms. The van der Waals surface area contributed by atoms with Crippen molar-refractivity contribution in [1.29, 1.82) is 0 Å². The van der Waals surface area contributed by atoms with Gasteiger partial charge < -0.3 is 9.64 Å². The fourth-order valence-electron chi connectivity index (χ4n) is 2.95. The van der Waals surface area contributed by atoms with Crippen LogP contribution in [0.25, 0.3) is 0 Å². The van der Waals surface area contributed by atoms with E-state index in [-0.39, 0.29) is 12.1 Å². The maximum Gasteiger partial charge on any atom is 0.163 e. The Morgan fingerprint density at radius 2 is 2.29 bits per heavy atom. The number of para-hydroxylation sites is 1. The third-order valence-corrected chi connectivity index (χ3v) is 3.65. The molecule has 2 atom stereocenters. The van der Waals surface area contributed by atoms with Crippen molar-refractivity contribution in [2.24, 2.45) is 0 Å². The number of benzene rings is 1. The molecule has 0 radical (unpaired) electrons. The van der Waals surface area contributed by atoms with Gasteiger partial charge in [0.1, 0.15) is 5.94 Å². The molecule has 3 heterocycles. The lowest BCUT2D eigenvalue weighted by atomic mass is 9.79. The van der Waals surface area contributed by atoms with Crippen LogP contribution in [0.2, 0.25) is 0 Å². The molecule has 3 heteroatoms. The van der Waals surface area contributed by atoms with Gasteiger partial charge in [0, 0.05) is 24.8 Å². The van der Waals surface area contributed by atoms with Gasteiger partial charge in [-0.1, -0.05) is 18.2 Å². The third kappa shape index (κ3) is 1.43. The molecule has 0 saturated carbocycles. The topological polar surface area (TPSA) is 29.5 Å². The summed E-state index contributed by atoms with van der Waals surface area (Å²) in [6, 6.07) is 8.27. The maximum atomic E-state index is 11.2. The molecular formula is C14H15NO2. The quantitative estimate of drug-likeness (QED) is 0.727. The molecule has 1 fully saturated rings. The molecule has 4 rings (SSSR count). The van der Waals surface area contributed by atoms with Crippen LogP contribution in [0.3, 0.4) is 0 Å². The predicted octanol–water partition coefficient (Wildman–Crippen LogP) is 2.11. The third-order valence-electron chi connectivity index (χ3n) is 3.65. The van der Waals surface area contributed by atoms with E-state index in [1.807, 2.05) is 19.1 Å². The number of nitrogens with zero attached hydrogens (tertiary/aromatic N) is 1. The van der Waals surface area contributed by atoms with Crippen molar-refractivity contribution in [3.63, 3.8) is 0 Å². The lowest BCUT2D eigenvalue weighted by Gasteiger charge is -2.47. The summed E-state index contributed by atoms with van der Waals surface area (Å²) in [6.07, 6.45) is 0.789. The smallest absolute Gasteiger partial charge is 0.163 e. The second-order valence-electron chi connectivity index (χ2n) is 4.46. The number of rotatable bonds is 2. The average molecular weight is 229 g/mol. The molecule has 3 aliphatic heterocycles. The molecule has 2 unspecified atom stereocenters. The van der Waals surface area contributed by atoms with Gasteiger partial charge in [-0.3, -0.25) is 0 Å². The minimum atomic E-state index is -0.203. The van der Waals surface area contributed by atoms with Crippen molar-refractivity contribution >= 4 is 11.6 Å². The van der Waals surface area contributed by atoms with E-state index in [9.17, 15) is 4.79 Å². The number of anilines is 1. The number of carbonyl (C=O) groups excluding carboxylic acids is 1. The lowest BCUT2D eigenvalue weighted by molar-refractivity contribution is 0.0700. The van der Waals surface area contributed by atoms with E-state index in [4.69, 9.17) is 4.74 Å². The summed E-state index contributed by atoms with van der Waals surface area (Å²) in [4.78, 5) is 13.4. The Hall–Kier alpha value is -1.57. The highest BCUT2D eigenvalue weighted by molar-refractivity contribution is 5.71. The standard InChI is InChI=1S/C14H15NO2/c1-2-17-14-12(9-16)10-7-8-15(14)13-6-4-3-5-11(10)13/h3-6,10,14H,2,7-8H2,1H3. The van der Waals surface area contributed by atoms with Crippen LogP contribution < -0.4 is 4.90 Å². The number of piperidine rings is 1. The fourth-order valence-corrected chi connectivity index (χ4v) is 2.95. The van der Waals surface area contributed by atoms with Crippen LogP contribution in [0.4, 0.5) is 5.69 Å². The largest absolute Gasteiger partial charge is 0.354 e. The summed E-state index contributed by atoms with van der Waals surface area (Å²) in [5.74, 6) is 2.31. The summed E-state index contributed by atoms with van der Waals surface area (Å²) >= 11 is 0. The van der Waals surface area contributed by atoms with Gasteiger partial charge in [0.15, 0.2) is 6.23 Å². The van der Waals surface area contributed by atoms with E-state index in [1.165, 1.54) is 11.3 Å². The van der Waals surface area contributed by atoms with Gasteiger partial charge in [-0.2, -0.15) is 0 Å². The Morgan fingerprint density at radius 3 is 3.06 bits per heavy atom. The average Bonchev–Trinajstić information content (AvgIpc) is 2.40. The van der Waals surface area contributed by atoms with E-state index in [0.29, 0.717) is 6.61 Å². The molecule has 1 aromatic carbocycles. The van der Waals surface area contributed by atoms with Crippen molar-refractivity contribution in [2.45, 2.75) is 25.5 Å². The molecule has 3 aliphatic rings. The van der Waals surface area contributed by atoms with Crippen molar-refractivity contribution in [3.8, 4) is 0 Å². The molecule has 2 bridgehead atoms. The van der Waals surface area contributed by atoms with Crippen molar-refractivity contribution < 1.29 is 9.53 Å². The van der Waals surface area contributed by atoms with Crippen LogP contribution in [-0.2, 0) is 9.53 Å². The van der Waals surface area contributed by atoms with E-state index < -0.39 is 0 Å². The van der Waals surface area contributed by atoms with Crippen LogP contribution in [-0.4, -0.2) is 25.3 Å². The van der Waals surface area contributed by atoms with Gasteiger partial charge in [0.25, 0.3) is 0 Å². The Morgan fingerprint density at radius 1 is 1.47 bits per heavy atom. The SMILES string of the molecule is CCOC1C(=C=O)C2CCN1c1ccccc12. The number of hydrogen-bond donors (Lipinski definition) is 0. The molecule has 0 spiro atoms. The first-order valence-corrected chi connectivity index (χ1v) is 6.09.